The van der Waals surface area contributed by atoms with Gasteiger partial charge in [-0.2, -0.15) is 0 Å². The Morgan fingerprint density at radius 1 is 1.55 bits per heavy atom. The van der Waals surface area contributed by atoms with E-state index in [0.29, 0.717) is 13.1 Å². The van der Waals surface area contributed by atoms with E-state index in [4.69, 9.17) is 5.73 Å². The molecule has 0 aliphatic carbocycles. The van der Waals surface area contributed by atoms with E-state index in [2.05, 4.69) is 5.32 Å². The minimum absolute atomic E-state index is 0. The summed E-state index contributed by atoms with van der Waals surface area (Å²) < 4.78 is 0. The highest BCUT2D eigenvalue weighted by Crippen LogP contribution is 1.89. The monoisotopic (exact) mass is 180 g/mol. The molecule has 0 rings (SSSR count). The number of halogens is 1. The summed E-state index contributed by atoms with van der Waals surface area (Å²) in [5, 5.41) is 2.76. The smallest absolute Gasteiger partial charge is 0.222 e. The molecule has 0 atom stereocenters. The van der Waals surface area contributed by atoms with Crippen molar-refractivity contribution in [2.45, 2.75) is 20.3 Å². The summed E-state index contributed by atoms with van der Waals surface area (Å²) in [6.07, 6.45) is 0.860. The van der Waals surface area contributed by atoms with Crippen molar-refractivity contribution in [2.75, 3.05) is 13.1 Å². The van der Waals surface area contributed by atoms with Crippen molar-refractivity contribution in [3.63, 3.8) is 0 Å². The summed E-state index contributed by atoms with van der Waals surface area (Å²) in [7, 11) is 0. The molecule has 3 nitrogen and oxygen atoms in total. The van der Waals surface area contributed by atoms with Gasteiger partial charge in [-0.1, -0.05) is 13.8 Å². The molecule has 4 heteroatoms. The summed E-state index contributed by atoms with van der Waals surface area (Å²) in [6.45, 7) is 5.08. The predicted octanol–water partition coefficient (Wildman–Crippen LogP) is 0.529. The highest BCUT2D eigenvalue weighted by molar-refractivity contribution is 5.85. The molecule has 3 N–H and O–H groups in total. The van der Waals surface area contributed by atoms with Crippen LogP contribution in [0.2, 0.25) is 0 Å². The Morgan fingerprint density at radius 2 is 2.09 bits per heavy atom. The first-order valence-corrected chi connectivity index (χ1v) is 3.66. The molecular formula is C7H17ClN2O. The zero-order valence-corrected chi connectivity index (χ0v) is 7.91. The van der Waals surface area contributed by atoms with Gasteiger partial charge >= 0.3 is 0 Å². The van der Waals surface area contributed by atoms with Crippen molar-refractivity contribution in [3.8, 4) is 0 Å². The van der Waals surface area contributed by atoms with Crippen LogP contribution in [0.5, 0.6) is 0 Å². The molecule has 1 amide bonds. The molecule has 0 radical (unpaired) electrons. The minimum atomic E-state index is 0. The quantitative estimate of drug-likeness (QED) is 0.621. The summed E-state index contributed by atoms with van der Waals surface area (Å²) in [5.41, 5.74) is 5.24. The molecule has 0 aromatic heterocycles. The Morgan fingerprint density at radius 3 is 2.45 bits per heavy atom. The van der Waals surface area contributed by atoms with Crippen LogP contribution >= 0.6 is 12.4 Å². The van der Waals surface area contributed by atoms with Gasteiger partial charge in [0.1, 0.15) is 0 Å². The molecule has 0 saturated carbocycles. The van der Waals surface area contributed by atoms with Gasteiger partial charge in [0.15, 0.2) is 0 Å². The zero-order valence-electron chi connectivity index (χ0n) is 7.09. The van der Waals surface area contributed by atoms with Gasteiger partial charge in [-0.3, -0.25) is 4.79 Å². The Bertz CT molecular complexity index is 107. The van der Waals surface area contributed by atoms with Gasteiger partial charge in [0, 0.05) is 12.5 Å². The second kappa shape index (κ2) is 7.82. The topological polar surface area (TPSA) is 55.1 Å². The number of amides is 1. The lowest BCUT2D eigenvalue weighted by Gasteiger charge is -2.05. The maximum absolute atomic E-state index is 10.9. The maximum Gasteiger partial charge on any atom is 0.222 e. The van der Waals surface area contributed by atoms with Crippen molar-refractivity contribution in [2.24, 2.45) is 11.7 Å². The third kappa shape index (κ3) is 7.62. The lowest BCUT2D eigenvalue weighted by Crippen LogP contribution is -2.29. The third-order valence-corrected chi connectivity index (χ3v) is 1.20. The highest BCUT2D eigenvalue weighted by Gasteiger charge is 2.03. The average Bonchev–Trinajstić information content (AvgIpc) is 1.88. The van der Waals surface area contributed by atoms with Crippen molar-refractivity contribution in [1.29, 1.82) is 0 Å². The van der Waals surface area contributed by atoms with Crippen molar-refractivity contribution in [1.82, 2.24) is 5.32 Å². The molecule has 0 aromatic carbocycles. The molecular weight excluding hydrogens is 164 g/mol. The number of carbonyl (C=O) groups excluding carboxylic acids is 1. The Kier molecular flexibility index (Phi) is 9.47. The lowest BCUT2D eigenvalue weighted by atomic mass is 10.2. The zero-order chi connectivity index (χ0) is 7.98. The second-order valence-electron chi connectivity index (χ2n) is 2.59. The standard InChI is InChI=1S/C7H16N2O.ClH/c1-6(2)7(10)9-5-3-4-8;/h6H,3-5,8H2,1-2H3,(H,9,10);1H. The lowest BCUT2D eigenvalue weighted by molar-refractivity contribution is -0.123. The molecule has 0 aromatic rings. The van der Waals surface area contributed by atoms with Crippen LogP contribution in [-0.2, 0) is 4.79 Å². The van der Waals surface area contributed by atoms with E-state index in [-0.39, 0.29) is 24.2 Å². The van der Waals surface area contributed by atoms with Crippen molar-refractivity contribution < 1.29 is 4.79 Å². The second-order valence-corrected chi connectivity index (χ2v) is 2.59. The number of carbonyl (C=O) groups is 1. The van der Waals surface area contributed by atoms with Crippen LogP contribution in [0.4, 0.5) is 0 Å². The van der Waals surface area contributed by atoms with Crippen LogP contribution < -0.4 is 11.1 Å². The largest absolute Gasteiger partial charge is 0.356 e. The van der Waals surface area contributed by atoms with Gasteiger partial charge in [0.05, 0.1) is 0 Å². The molecule has 68 valence electrons. The number of nitrogens with one attached hydrogen (secondary N) is 1. The third-order valence-electron chi connectivity index (χ3n) is 1.20. The van der Waals surface area contributed by atoms with E-state index in [9.17, 15) is 4.79 Å². The molecule has 0 heterocycles. The normalized spacial score (nSPS) is 9.09. The fourth-order valence-corrected chi connectivity index (χ4v) is 0.518. The number of nitrogens with two attached hydrogens (primary N) is 1. The average molecular weight is 181 g/mol. The van der Waals surface area contributed by atoms with Crippen LogP contribution in [0.15, 0.2) is 0 Å². The first kappa shape index (κ1) is 13.3. The van der Waals surface area contributed by atoms with Gasteiger partial charge in [-0.05, 0) is 13.0 Å². The molecule has 0 bridgehead atoms. The van der Waals surface area contributed by atoms with E-state index in [0.717, 1.165) is 6.42 Å². The maximum atomic E-state index is 10.9. The van der Waals surface area contributed by atoms with E-state index >= 15 is 0 Å². The van der Waals surface area contributed by atoms with Crippen LogP contribution in [0.25, 0.3) is 0 Å². The molecule has 0 unspecified atom stereocenters. The van der Waals surface area contributed by atoms with Crippen molar-refractivity contribution in [3.05, 3.63) is 0 Å². The summed E-state index contributed by atoms with van der Waals surface area (Å²) >= 11 is 0. The highest BCUT2D eigenvalue weighted by atomic mass is 35.5. The van der Waals surface area contributed by atoms with E-state index in [1.54, 1.807) is 0 Å². The Hall–Kier alpha value is -0.280. The molecule has 0 aliphatic heterocycles. The van der Waals surface area contributed by atoms with Gasteiger partial charge < -0.3 is 11.1 Å². The SMILES string of the molecule is CC(C)C(=O)NCCCN.Cl. The van der Waals surface area contributed by atoms with Crippen LogP contribution in [0, 0.1) is 5.92 Å². The predicted molar refractivity (Wildman–Crippen MR) is 48.8 cm³/mol. The number of hydrogen-bond acceptors (Lipinski definition) is 2. The van der Waals surface area contributed by atoms with E-state index in [1.807, 2.05) is 13.8 Å². The number of rotatable bonds is 4. The molecule has 0 fully saturated rings. The first-order chi connectivity index (χ1) is 4.68. The van der Waals surface area contributed by atoms with Gasteiger partial charge in [0.25, 0.3) is 0 Å². The summed E-state index contributed by atoms with van der Waals surface area (Å²) in [5.74, 6) is 0.186. The molecule has 0 spiro atoms. The van der Waals surface area contributed by atoms with E-state index < -0.39 is 0 Å². The summed E-state index contributed by atoms with van der Waals surface area (Å²) in [6, 6.07) is 0. The van der Waals surface area contributed by atoms with Crippen LogP contribution in [0.1, 0.15) is 20.3 Å². The minimum Gasteiger partial charge on any atom is -0.356 e. The fourth-order valence-electron chi connectivity index (χ4n) is 0.518. The van der Waals surface area contributed by atoms with Crippen LogP contribution in [0.3, 0.4) is 0 Å². The molecule has 0 saturated heterocycles. The molecule has 0 aliphatic rings. The van der Waals surface area contributed by atoms with Gasteiger partial charge in [-0.15, -0.1) is 12.4 Å². The first-order valence-electron chi connectivity index (χ1n) is 3.66. The number of hydrogen-bond donors (Lipinski definition) is 2. The Balaban J connectivity index is 0. The van der Waals surface area contributed by atoms with E-state index in [1.165, 1.54) is 0 Å². The van der Waals surface area contributed by atoms with Crippen LogP contribution in [-0.4, -0.2) is 19.0 Å². The van der Waals surface area contributed by atoms with Crippen molar-refractivity contribution >= 4 is 18.3 Å². The fraction of sp³-hybridized carbons (Fsp3) is 0.857. The molecule has 11 heavy (non-hydrogen) atoms. The summed E-state index contributed by atoms with van der Waals surface area (Å²) in [4.78, 5) is 10.9. The van der Waals surface area contributed by atoms with Gasteiger partial charge in [0.2, 0.25) is 5.91 Å². The van der Waals surface area contributed by atoms with Gasteiger partial charge in [-0.25, -0.2) is 0 Å². The Labute approximate surface area is 74.1 Å².